The van der Waals surface area contributed by atoms with Crippen LogP contribution in [0.4, 0.5) is 11.4 Å². The van der Waals surface area contributed by atoms with Crippen LogP contribution < -0.4 is 4.90 Å². The maximum Gasteiger partial charge on any atom is 0.0570 e. The van der Waals surface area contributed by atoms with Crippen LogP contribution in [0.2, 0.25) is 5.02 Å². The molecule has 126 valence electrons. The summed E-state index contributed by atoms with van der Waals surface area (Å²) in [6, 6.07) is 29.8. The molecule has 0 aromatic heterocycles. The van der Waals surface area contributed by atoms with Gasteiger partial charge in [0.25, 0.3) is 0 Å². The van der Waals surface area contributed by atoms with Gasteiger partial charge in [-0.2, -0.15) is 0 Å². The second-order valence-corrected chi connectivity index (χ2v) is 7.93. The number of nitrogens with zero attached hydrogens (tertiary/aromatic N) is 1. The van der Waals surface area contributed by atoms with Crippen LogP contribution in [0.1, 0.15) is 5.56 Å². The van der Waals surface area contributed by atoms with Crippen molar-refractivity contribution in [3.63, 3.8) is 0 Å². The lowest BCUT2D eigenvalue weighted by molar-refractivity contribution is 0.945. The Morgan fingerprint density at radius 2 is 1.50 bits per heavy atom. The molecule has 0 saturated carbocycles. The third-order valence-electron chi connectivity index (χ3n) is 4.80. The molecule has 0 amide bonds. The number of para-hydroxylation sites is 1. The summed E-state index contributed by atoms with van der Waals surface area (Å²) < 4.78 is 0. The van der Waals surface area contributed by atoms with E-state index in [2.05, 4.69) is 83.8 Å². The minimum Gasteiger partial charge on any atom is -0.335 e. The molecule has 4 aromatic carbocycles. The van der Waals surface area contributed by atoms with Gasteiger partial charge in [-0.1, -0.05) is 78.0 Å². The Morgan fingerprint density at radius 3 is 2.46 bits per heavy atom. The summed E-state index contributed by atoms with van der Waals surface area (Å²) in [5.41, 5.74) is 3.73. The van der Waals surface area contributed by atoms with Crippen LogP contribution in [-0.4, -0.2) is 0 Å². The van der Waals surface area contributed by atoms with Crippen LogP contribution in [0.25, 0.3) is 10.8 Å². The van der Waals surface area contributed by atoms with E-state index >= 15 is 0 Å². The Labute approximate surface area is 162 Å². The highest BCUT2D eigenvalue weighted by atomic mass is 35.5. The molecule has 0 saturated heterocycles. The van der Waals surface area contributed by atoms with Crippen LogP contribution in [0.3, 0.4) is 0 Å². The molecule has 0 unspecified atom stereocenters. The van der Waals surface area contributed by atoms with Crippen LogP contribution in [-0.2, 0) is 6.54 Å². The van der Waals surface area contributed by atoms with Crippen LogP contribution in [0.15, 0.2) is 94.7 Å². The van der Waals surface area contributed by atoms with E-state index in [1.165, 1.54) is 37.5 Å². The third-order valence-corrected chi connectivity index (χ3v) is 6.16. The first kappa shape index (κ1) is 15.8. The van der Waals surface area contributed by atoms with Gasteiger partial charge in [-0.15, -0.1) is 0 Å². The molecule has 0 spiro atoms. The minimum atomic E-state index is 0.770. The molecule has 0 bridgehead atoms. The molecule has 1 heterocycles. The highest BCUT2D eigenvalue weighted by Gasteiger charge is 2.24. The number of fused-ring (bicyclic) bond motifs is 3. The van der Waals surface area contributed by atoms with Crippen molar-refractivity contribution >= 4 is 45.5 Å². The Hall–Kier alpha value is -2.42. The fraction of sp³-hybridized carbons (Fsp3) is 0.0435. The largest absolute Gasteiger partial charge is 0.335 e. The van der Waals surface area contributed by atoms with Gasteiger partial charge in [0.1, 0.15) is 0 Å². The molecule has 5 rings (SSSR count). The van der Waals surface area contributed by atoms with E-state index in [0.717, 1.165) is 11.6 Å². The fourth-order valence-corrected chi connectivity index (χ4v) is 4.82. The summed E-state index contributed by atoms with van der Waals surface area (Å²) >= 11 is 8.14. The lowest BCUT2D eigenvalue weighted by Crippen LogP contribution is -2.20. The van der Waals surface area contributed by atoms with Gasteiger partial charge in [-0.3, -0.25) is 0 Å². The van der Waals surface area contributed by atoms with E-state index in [9.17, 15) is 0 Å². The Kier molecular flexibility index (Phi) is 3.88. The van der Waals surface area contributed by atoms with Gasteiger partial charge in [0.15, 0.2) is 0 Å². The molecule has 0 aliphatic carbocycles. The molecular weight excluding hydrogens is 358 g/mol. The maximum absolute atomic E-state index is 6.33. The normalized spacial score (nSPS) is 12.7. The highest BCUT2D eigenvalue weighted by Crippen LogP contribution is 2.49. The monoisotopic (exact) mass is 373 g/mol. The van der Waals surface area contributed by atoms with E-state index in [1.807, 2.05) is 17.8 Å². The fourth-order valence-electron chi connectivity index (χ4n) is 3.57. The van der Waals surface area contributed by atoms with Crippen molar-refractivity contribution < 1.29 is 0 Å². The molecule has 0 fully saturated rings. The van der Waals surface area contributed by atoms with E-state index < -0.39 is 0 Å². The maximum atomic E-state index is 6.33. The van der Waals surface area contributed by atoms with Crippen LogP contribution in [0, 0.1) is 0 Å². The standard InChI is InChI=1S/C23H16ClNS/c24-18-12-13-23-21(14-18)25(20-10-3-4-11-22(20)26-23)15-17-8-5-7-16-6-1-2-9-19(16)17/h1-14H,15H2. The smallest absolute Gasteiger partial charge is 0.0570 e. The van der Waals surface area contributed by atoms with Crippen molar-refractivity contribution in [3.8, 4) is 0 Å². The topological polar surface area (TPSA) is 3.24 Å². The zero-order valence-corrected chi connectivity index (χ0v) is 15.6. The van der Waals surface area contributed by atoms with Gasteiger partial charge in [-0.25, -0.2) is 0 Å². The molecule has 0 N–H and O–H groups in total. The van der Waals surface area contributed by atoms with E-state index in [4.69, 9.17) is 11.6 Å². The summed E-state index contributed by atoms with van der Waals surface area (Å²) in [5, 5.41) is 3.34. The minimum absolute atomic E-state index is 0.770. The molecule has 1 aliphatic rings. The predicted molar refractivity (Wildman–Crippen MR) is 112 cm³/mol. The van der Waals surface area contributed by atoms with Gasteiger partial charge in [0, 0.05) is 21.4 Å². The molecule has 1 nitrogen and oxygen atoms in total. The molecule has 0 radical (unpaired) electrons. The Morgan fingerprint density at radius 1 is 0.731 bits per heavy atom. The van der Waals surface area contributed by atoms with Gasteiger partial charge in [0.2, 0.25) is 0 Å². The van der Waals surface area contributed by atoms with Crippen molar-refractivity contribution in [2.45, 2.75) is 16.3 Å². The van der Waals surface area contributed by atoms with Crippen molar-refractivity contribution in [1.29, 1.82) is 0 Å². The molecule has 26 heavy (non-hydrogen) atoms. The van der Waals surface area contributed by atoms with Crippen molar-refractivity contribution in [1.82, 2.24) is 0 Å². The number of hydrogen-bond acceptors (Lipinski definition) is 2. The average Bonchev–Trinajstić information content (AvgIpc) is 2.68. The molecule has 0 atom stereocenters. The van der Waals surface area contributed by atoms with Crippen LogP contribution >= 0.6 is 23.4 Å². The SMILES string of the molecule is Clc1ccc2c(c1)N(Cc1cccc3ccccc13)c1ccccc1S2. The van der Waals surface area contributed by atoms with E-state index in [-0.39, 0.29) is 0 Å². The van der Waals surface area contributed by atoms with Crippen molar-refractivity contribution in [3.05, 3.63) is 95.5 Å². The first-order chi connectivity index (χ1) is 12.8. The average molecular weight is 374 g/mol. The molecule has 4 aromatic rings. The number of halogens is 1. The van der Waals surface area contributed by atoms with Gasteiger partial charge in [-0.05, 0) is 46.7 Å². The Bertz CT molecular complexity index is 1120. The number of benzene rings is 4. The highest BCUT2D eigenvalue weighted by molar-refractivity contribution is 7.99. The summed E-state index contributed by atoms with van der Waals surface area (Å²) in [6.07, 6.45) is 0. The lowest BCUT2D eigenvalue weighted by Gasteiger charge is -2.33. The number of hydrogen-bond donors (Lipinski definition) is 0. The summed E-state index contributed by atoms with van der Waals surface area (Å²) in [5.74, 6) is 0. The second kappa shape index (κ2) is 6.39. The number of rotatable bonds is 2. The van der Waals surface area contributed by atoms with E-state index in [0.29, 0.717) is 0 Å². The second-order valence-electron chi connectivity index (χ2n) is 6.41. The molecule has 1 aliphatic heterocycles. The molecular formula is C23H16ClNS. The first-order valence-electron chi connectivity index (χ1n) is 8.60. The summed E-state index contributed by atoms with van der Waals surface area (Å²) in [6.45, 7) is 0.812. The predicted octanol–water partition coefficient (Wildman–Crippen LogP) is 7.30. The van der Waals surface area contributed by atoms with Gasteiger partial charge >= 0.3 is 0 Å². The molecule has 3 heteroatoms. The quantitative estimate of drug-likeness (QED) is 0.362. The Balaban J connectivity index is 1.68. The summed E-state index contributed by atoms with van der Waals surface area (Å²) in [4.78, 5) is 4.91. The van der Waals surface area contributed by atoms with Crippen molar-refractivity contribution in [2.24, 2.45) is 0 Å². The van der Waals surface area contributed by atoms with Gasteiger partial charge < -0.3 is 4.90 Å². The zero-order chi connectivity index (χ0) is 17.5. The summed E-state index contributed by atoms with van der Waals surface area (Å²) in [7, 11) is 0. The van der Waals surface area contributed by atoms with E-state index in [1.54, 1.807) is 0 Å². The van der Waals surface area contributed by atoms with Crippen molar-refractivity contribution in [2.75, 3.05) is 4.90 Å². The van der Waals surface area contributed by atoms with Crippen LogP contribution in [0.5, 0.6) is 0 Å². The zero-order valence-electron chi connectivity index (χ0n) is 14.0. The third kappa shape index (κ3) is 2.66. The van der Waals surface area contributed by atoms with Gasteiger partial charge in [0.05, 0.1) is 11.4 Å². The number of anilines is 2. The lowest BCUT2D eigenvalue weighted by atomic mass is 10.0. The first-order valence-corrected chi connectivity index (χ1v) is 9.80.